The summed E-state index contributed by atoms with van der Waals surface area (Å²) in [7, 11) is 0. The van der Waals surface area contributed by atoms with Crippen LogP contribution in [0.1, 0.15) is 36.2 Å². The number of benzene rings is 2. The Morgan fingerprint density at radius 3 is 2.91 bits per heavy atom. The zero-order valence-electron chi connectivity index (χ0n) is 18.1. The minimum atomic E-state index is -0.00453. The second-order valence-electron chi connectivity index (χ2n) is 7.93. The Bertz CT molecular complexity index is 1070. The lowest BCUT2D eigenvalue weighted by atomic mass is 10.2. The number of aryl methyl sites for hydroxylation is 2. The van der Waals surface area contributed by atoms with Crippen LogP contribution in [0.5, 0.6) is 0 Å². The number of nitrogens with zero attached hydrogens (tertiary/aromatic N) is 3. The molecule has 0 saturated carbocycles. The molecule has 0 unspecified atom stereocenters. The molecule has 0 aliphatic carbocycles. The first-order valence-electron chi connectivity index (χ1n) is 10.9. The smallest absolute Gasteiger partial charge is 0.220 e. The second-order valence-corrected chi connectivity index (χ2v) is 9.31. The van der Waals surface area contributed by atoms with Crippen LogP contribution in [-0.2, 0) is 21.7 Å². The summed E-state index contributed by atoms with van der Waals surface area (Å²) in [4.78, 5) is 12.4. The zero-order chi connectivity index (χ0) is 22.3. The van der Waals surface area contributed by atoms with Gasteiger partial charge in [0.05, 0.1) is 11.8 Å². The van der Waals surface area contributed by atoms with Gasteiger partial charge in [0, 0.05) is 36.8 Å². The topological polar surface area (TPSA) is 69.0 Å². The molecule has 2 aromatic carbocycles. The Balaban J connectivity index is 1.46. The highest BCUT2D eigenvalue weighted by Crippen LogP contribution is 2.27. The first-order valence-corrected chi connectivity index (χ1v) is 12.2. The molecule has 1 N–H and O–H groups in total. The number of hydrogen-bond donors (Lipinski definition) is 1. The third-order valence-electron chi connectivity index (χ3n) is 5.34. The number of carbonyl (C=O) groups is 1. The molecule has 32 heavy (non-hydrogen) atoms. The highest BCUT2D eigenvalue weighted by Gasteiger charge is 2.18. The summed E-state index contributed by atoms with van der Waals surface area (Å²) in [6, 6.07) is 16.1. The van der Waals surface area contributed by atoms with Crippen molar-refractivity contribution in [2.45, 2.75) is 49.6 Å². The molecule has 8 heteroatoms. The summed E-state index contributed by atoms with van der Waals surface area (Å²) in [5.41, 5.74) is 3.35. The van der Waals surface area contributed by atoms with Crippen LogP contribution in [0.4, 0.5) is 0 Å². The monoisotopic (exact) mass is 470 g/mol. The maximum atomic E-state index is 12.4. The van der Waals surface area contributed by atoms with E-state index in [1.807, 2.05) is 28.8 Å². The van der Waals surface area contributed by atoms with Crippen LogP contribution in [-0.4, -0.2) is 39.9 Å². The number of carbonyl (C=O) groups excluding carboxylic acids is 1. The maximum absolute atomic E-state index is 12.4. The van der Waals surface area contributed by atoms with Gasteiger partial charge in [-0.1, -0.05) is 59.3 Å². The molecule has 1 aliphatic rings. The standard InChI is InChI=1S/C24H27ClN4O2S/c1-17-5-2-6-18(13-17)16-32-24-28-27-22(29(24)20-8-3-7-19(25)14-20)10-11-23(30)26-15-21-9-4-12-31-21/h2-3,5-8,13-14,21H,4,9-12,15-16H2,1H3,(H,26,30)/t21-/m0/s1. The van der Waals surface area contributed by atoms with E-state index in [-0.39, 0.29) is 12.0 Å². The average molecular weight is 471 g/mol. The summed E-state index contributed by atoms with van der Waals surface area (Å²) < 4.78 is 7.57. The van der Waals surface area contributed by atoms with Gasteiger partial charge < -0.3 is 10.1 Å². The summed E-state index contributed by atoms with van der Waals surface area (Å²) in [6.45, 7) is 3.44. The second kappa shape index (κ2) is 11.0. The molecule has 1 atom stereocenters. The van der Waals surface area contributed by atoms with E-state index in [2.05, 4.69) is 46.7 Å². The predicted molar refractivity (Wildman–Crippen MR) is 127 cm³/mol. The quantitative estimate of drug-likeness (QED) is 0.457. The first kappa shape index (κ1) is 22.8. The fourth-order valence-electron chi connectivity index (χ4n) is 3.73. The SMILES string of the molecule is Cc1cccc(CSc2nnc(CCC(=O)NC[C@@H]3CCCO3)n2-c2cccc(Cl)c2)c1. The average Bonchev–Trinajstić information content (AvgIpc) is 3.45. The Labute approximate surface area is 197 Å². The molecule has 168 valence electrons. The van der Waals surface area contributed by atoms with Gasteiger partial charge >= 0.3 is 0 Å². The maximum Gasteiger partial charge on any atom is 0.220 e. The van der Waals surface area contributed by atoms with Crippen molar-refractivity contribution in [2.24, 2.45) is 0 Å². The molecule has 1 aromatic heterocycles. The molecule has 0 bridgehead atoms. The molecule has 4 rings (SSSR count). The first-order chi connectivity index (χ1) is 15.6. The minimum Gasteiger partial charge on any atom is -0.376 e. The highest BCUT2D eigenvalue weighted by molar-refractivity contribution is 7.98. The molecule has 0 radical (unpaired) electrons. The van der Waals surface area contributed by atoms with Crippen LogP contribution in [0.3, 0.4) is 0 Å². The number of ether oxygens (including phenoxy) is 1. The molecular formula is C24H27ClN4O2S. The lowest BCUT2D eigenvalue weighted by Gasteiger charge is -2.12. The van der Waals surface area contributed by atoms with Crippen LogP contribution in [0.25, 0.3) is 5.69 Å². The van der Waals surface area contributed by atoms with Gasteiger partial charge in [-0.2, -0.15) is 0 Å². The molecular weight excluding hydrogens is 444 g/mol. The van der Waals surface area contributed by atoms with Crippen molar-refractivity contribution in [1.29, 1.82) is 0 Å². The molecule has 6 nitrogen and oxygen atoms in total. The normalized spacial score (nSPS) is 15.8. The van der Waals surface area contributed by atoms with E-state index < -0.39 is 0 Å². The Kier molecular flexibility index (Phi) is 7.84. The van der Waals surface area contributed by atoms with Crippen molar-refractivity contribution in [3.63, 3.8) is 0 Å². The number of hydrogen-bond acceptors (Lipinski definition) is 5. The lowest BCUT2D eigenvalue weighted by molar-refractivity contribution is -0.121. The van der Waals surface area contributed by atoms with E-state index in [1.54, 1.807) is 11.8 Å². The number of nitrogens with one attached hydrogen (secondary N) is 1. The molecule has 1 saturated heterocycles. The number of thioether (sulfide) groups is 1. The van der Waals surface area contributed by atoms with Crippen LogP contribution < -0.4 is 5.32 Å². The number of rotatable bonds is 9. The van der Waals surface area contributed by atoms with Gasteiger partial charge in [-0.05, 0) is 43.5 Å². The van der Waals surface area contributed by atoms with E-state index in [1.165, 1.54) is 11.1 Å². The lowest BCUT2D eigenvalue weighted by Crippen LogP contribution is -2.32. The van der Waals surface area contributed by atoms with Crippen LogP contribution >= 0.6 is 23.4 Å². The Hall–Kier alpha value is -2.35. The minimum absolute atomic E-state index is 0.00453. The van der Waals surface area contributed by atoms with Crippen molar-refractivity contribution in [2.75, 3.05) is 13.2 Å². The summed E-state index contributed by atoms with van der Waals surface area (Å²) in [5.74, 6) is 1.52. The molecule has 1 amide bonds. The summed E-state index contributed by atoms with van der Waals surface area (Å²) in [5, 5.41) is 13.2. The Morgan fingerprint density at radius 1 is 1.25 bits per heavy atom. The number of aromatic nitrogens is 3. The highest BCUT2D eigenvalue weighted by atomic mass is 35.5. The van der Waals surface area contributed by atoms with E-state index in [0.717, 1.165) is 41.9 Å². The largest absolute Gasteiger partial charge is 0.376 e. The summed E-state index contributed by atoms with van der Waals surface area (Å²) >= 11 is 7.87. The zero-order valence-corrected chi connectivity index (χ0v) is 19.7. The third kappa shape index (κ3) is 6.12. The van der Waals surface area contributed by atoms with Crippen LogP contribution in [0.15, 0.2) is 53.7 Å². The summed E-state index contributed by atoms with van der Waals surface area (Å²) in [6.07, 6.45) is 3.03. The van der Waals surface area contributed by atoms with E-state index in [9.17, 15) is 4.79 Å². The molecule has 3 aromatic rings. The van der Waals surface area contributed by atoms with Gasteiger partial charge in [0.2, 0.25) is 5.91 Å². The van der Waals surface area contributed by atoms with E-state index >= 15 is 0 Å². The van der Waals surface area contributed by atoms with Crippen molar-refractivity contribution < 1.29 is 9.53 Å². The van der Waals surface area contributed by atoms with Gasteiger partial charge in [-0.3, -0.25) is 9.36 Å². The van der Waals surface area contributed by atoms with Gasteiger partial charge in [0.25, 0.3) is 0 Å². The van der Waals surface area contributed by atoms with Gasteiger partial charge in [-0.25, -0.2) is 0 Å². The van der Waals surface area contributed by atoms with Crippen molar-refractivity contribution in [1.82, 2.24) is 20.1 Å². The van der Waals surface area contributed by atoms with Crippen molar-refractivity contribution >= 4 is 29.3 Å². The fourth-order valence-corrected chi connectivity index (χ4v) is 4.83. The molecule has 0 spiro atoms. The van der Waals surface area contributed by atoms with Crippen molar-refractivity contribution in [3.05, 3.63) is 70.5 Å². The van der Waals surface area contributed by atoms with Crippen molar-refractivity contribution in [3.8, 4) is 5.69 Å². The van der Waals surface area contributed by atoms with E-state index in [0.29, 0.717) is 24.4 Å². The van der Waals surface area contributed by atoms with Gasteiger partial charge in [-0.15, -0.1) is 10.2 Å². The third-order valence-corrected chi connectivity index (χ3v) is 6.58. The van der Waals surface area contributed by atoms with Gasteiger partial charge in [0.1, 0.15) is 5.82 Å². The fraction of sp³-hybridized carbons (Fsp3) is 0.375. The van der Waals surface area contributed by atoms with E-state index in [4.69, 9.17) is 16.3 Å². The predicted octanol–water partition coefficient (Wildman–Crippen LogP) is 4.75. The Morgan fingerprint density at radius 2 is 2.12 bits per heavy atom. The number of amides is 1. The molecule has 1 aliphatic heterocycles. The van der Waals surface area contributed by atoms with Gasteiger partial charge in [0.15, 0.2) is 5.16 Å². The number of halogens is 1. The molecule has 2 heterocycles. The molecule has 1 fully saturated rings. The van der Waals surface area contributed by atoms with Crippen LogP contribution in [0.2, 0.25) is 5.02 Å². The van der Waals surface area contributed by atoms with Crippen LogP contribution in [0, 0.1) is 6.92 Å².